The van der Waals surface area contributed by atoms with Crippen LogP contribution in [0, 0.1) is 5.92 Å². The molecule has 0 radical (unpaired) electrons. The lowest BCUT2D eigenvalue weighted by molar-refractivity contribution is -0.140. The third kappa shape index (κ3) is 2.27. The van der Waals surface area contributed by atoms with Crippen LogP contribution in [0.2, 0.25) is 0 Å². The van der Waals surface area contributed by atoms with Crippen LogP contribution in [0.3, 0.4) is 0 Å². The van der Waals surface area contributed by atoms with E-state index < -0.39 is 17.6 Å². The van der Waals surface area contributed by atoms with E-state index in [1.54, 1.807) is 6.08 Å². The number of carbonyl (C=O) groups excluding carboxylic acids is 2. The van der Waals surface area contributed by atoms with E-state index in [-0.39, 0.29) is 12.2 Å². The lowest BCUT2D eigenvalue weighted by Crippen LogP contribution is -2.44. The quantitative estimate of drug-likeness (QED) is 0.705. The Balaban J connectivity index is 1.89. The summed E-state index contributed by atoms with van der Waals surface area (Å²) in [6, 6.07) is 0. The number of likely N-dealkylation sites (N-methyl/N-ethyl adjacent to an activating group) is 2. The van der Waals surface area contributed by atoms with Gasteiger partial charge in [-0.1, -0.05) is 0 Å². The molecular formula is C15H20FN3O2. The molecule has 0 N–H and O–H groups in total. The monoisotopic (exact) mass is 293 g/mol. The summed E-state index contributed by atoms with van der Waals surface area (Å²) in [6.07, 6.45) is 1.73. The van der Waals surface area contributed by atoms with Gasteiger partial charge in [-0.25, -0.2) is 4.39 Å². The molecule has 0 aromatic carbocycles. The Morgan fingerprint density at radius 2 is 1.90 bits per heavy atom. The minimum absolute atomic E-state index is 0.0224. The zero-order valence-electron chi connectivity index (χ0n) is 12.4. The van der Waals surface area contributed by atoms with Crippen LogP contribution < -0.4 is 0 Å². The van der Waals surface area contributed by atoms with Crippen molar-refractivity contribution in [1.29, 1.82) is 0 Å². The zero-order chi connectivity index (χ0) is 15.1. The Morgan fingerprint density at radius 1 is 1.24 bits per heavy atom. The number of fused-ring (bicyclic) bond motifs is 1. The first-order chi connectivity index (χ1) is 10.0. The molecular weight excluding hydrogens is 273 g/mol. The maximum Gasteiger partial charge on any atom is 0.294 e. The summed E-state index contributed by atoms with van der Waals surface area (Å²) in [7, 11) is 2.05. The number of halogens is 1. The number of nitrogens with zero attached hydrogens (tertiary/aromatic N) is 3. The third-order valence-electron chi connectivity index (χ3n) is 4.55. The highest BCUT2D eigenvalue weighted by Gasteiger charge is 2.45. The van der Waals surface area contributed by atoms with Crippen LogP contribution in [0.15, 0.2) is 23.3 Å². The maximum absolute atomic E-state index is 14.4. The molecule has 21 heavy (non-hydrogen) atoms. The molecule has 2 heterocycles. The van der Waals surface area contributed by atoms with Gasteiger partial charge in [0.25, 0.3) is 5.91 Å². The van der Waals surface area contributed by atoms with Crippen molar-refractivity contribution in [1.82, 2.24) is 14.7 Å². The number of amides is 1. The number of carbonyl (C=O) groups is 2. The number of piperazine rings is 1. The van der Waals surface area contributed by atoms with Crippen LogP contribution >= 0.6 is 0 Å². The number of rotatable bonds is 2. The van der Waals surface area contributed by atoms with Gasteiger partial charge in [-0.2, -0.15) is 0 Å². The van der Waals surface area contributed by atoms with E-state index in [4.69, 9.17) is 0 Å². The summed E-state index contributed by atoms with van der Waals surface area (Å²) in [4.78, 5) is 29.5. The SMILES string of the molecule is CCN1C(=O)C(=O)C2CC(F)=C(N3CCN(C)CC3)C=C21. The second-order valence-corrected chi connectivity index (χ2v) is 5.82. The normalized spacial score (nSPS) is 27.4. The van der Waals surface area contributed by atoms with Crippen molar-refractivity contribution in [3.05, 3.63) is 23.3 Å². The van der Waals surface area contributed by atoms with Crippen molar-refractivity contribution in [3.8, 4) is 0 Å². The van der Waals surface area contributed by atoms with Crippen LogP contribution in [-0.4, -0.2) is 66.2 Å². The Hall–Kier alpha value is -1.69. The second kappa shape index (κ2) is 5.26. The first-order valence-electron chi connectivity index (χ1n) is 7.42. The van der Waals surface area contributed by atoms with E-state index in [0.717, 1.165) is 26.2 Å². The molecule has 2 saturated heterocycles. The predicted molar refractivity (Wildman–Crippen MR) is 75.8 cm³/mol. The lowest BCUT2D eigenvalue weighted by atomic mass is 9.93. The number of hydrogen-bond donors (Lipinski definition) is 0. The molecule has 1 amide bonds. The van der Waals surface area contributed by atoms with Crippen molar-refractivity contribution in [2.24, 2.45) is 5.92 Å². The Morgan fingerprint density at radius 3 is 2.52 bits per heavy atom. The van der Waals surface area contributed by atoms with Gasteiger partial charge in [0.15, 0.2) is 0 Å². The summed E-state index contributed by atoms with van der Waals surface area (Å²) in [6.45, 7) is 5.59. The summed E-state index contributed by atoms with van der Waals surface area (Å²) in [5.74, 6) is -1.86. The molecule has 2 aliphatic heterocycles. The van der Waals surface area contributed by atoms with Gasteiger partial charge >= 0.3 is 0 Å². The summed E-state index contributed by atoms with van der Waals surface area (Å²) in [5, 5.41) is 0. The smallest absolute Gasteiger partial charge is 0.294 e. The predicted octanol–water partition coefficient (Wildman–Crippen LogP) is 0.750. The van der Waals surface area contributed by atoms with Gasteiger partial charge < -0.3 is 14.7 Å². The minimum atomic E-state index is -0.617. The number of allylic oxidation sites excluding steroid dienone is 3. The van der Waals surface area contributed by atoms with E-state index in [1.165, 1.54) is 4.90 Å². The topological polar surface area (TPSA) is 43.9 Å². The summed E-state index contributed by atoms with van der Waals surface area (Å²) >= 11 is 0. The fraction of sp³-hybridized carbons (Fsp3) is 0.600. The molecule has 0 aromatic heterocycles. The zero-order valence-corrected chi connectivity index (χ0v) is 12.4. The van der Waals surface area contributed by atoms with Crippen LogP contribution in [-0.2, 0) is 9.59 Å². The van der Waals surface area contributed by atoms with E-state index in [1.807, 2.05) is 18.9 Å². The molecule has 0 bridgehead atoms. The molecule has 0 spiro atoms. The van der Waals surface area contributed by atoms with Crippen LogP contribution in [0.1, 0.15) is 13.3 Å². The molecule has 0 aromatic rings. The van der Waals surface area contributed by atoms with Crippen LogP contribution in [0.25, 0.3) is 0 Å². The van der Waals surface area contributed by atoms with Crippen molar-refractivity contribution >= 4 is 11.7 Å². The molecule has 3 rings (SSSR count). The van der Waals surface area contributed by atoms with Crippen molar-refractivity contribution in [2.45, 2.75) is 13.3 Å². The highest BCUT2D eigenvalue weighted by molar-refractivity contribution is 6.40. The first-order valence-corrected chi connectivity index (χ1v) is 7.42. The number of hydrogen-bond acceptors (Lipinski definition) is 4. The van der Waals surface area contributed by atoms with E-state index in [0.29, 0.717) is 17.9 Å². The largest absolute Gasteiger partial charge is 0.367 e. The molecule has 2 fully saturated rings. The van der Waals surface area contributed by atoms with E-state index in [2.05, 4.69) is 4.90 Å². The van der Waals surface area contributed by atoms with E-state index in [9.17, 15) is 14.0 Å². The van der Waals surface area contributed by atoms with Crippen molar-refractivity contribution in [2.75, 3.05) is 39.8 Å². The highest BCUT2D eigenvalue weighted by Crippen LogP contribution is 2.38. The van der Waals surface area contributed by atoms with Crippen molar-refractivity contribution < 1.29 is 14.0 Å². The maximum atomic E-state index is 14.4. The standard InChI is InChI=1S/C15H20FN3O2/c1-3-19-12-9-13(18-6-4-17(2)5-7-18)11(16)8-10(12)14(20)15(19)21/h9-10H,3-8H2,1-2H3. The van der Waals surface area contributed by atoms with Crippen LogP contribution in [0.5, 0.6) is 0 Å². The van der Waals surface area contributed by atoms with Crippen molar-refractivity contribution in [3.63, 3.8) is 0 Å². The highest BCUT2D eigenvalue weighted by atomic mass is 19.1. The molecule has 1 atom stereocenters. The van der Waals surface area contributed by atoms with Gasteiger partial charge in [0.2, 0.25) is 5.78 Å². The van der Waals surface area contributed by atoms with Gasteiger partial charge in [-0.3, -0.25) is 9.59 Å². The fourth-order valence-corrected chi connectivity index (χ4v) is 3.24. The average Bonchev–Trinajstić information content (AvgIpc) is 2.71. The molecule has 6 heteroatoms. The van der Waals surface area contributed by atoms with Gasteiger partial charge in [0.05, 0.1) is 11.6 Å². The van der Waals surface area contributed by atoms with Gasteiger partial charge in [0.1, 0.15) is 5.83 Å². The van der Waals surface area contributed by atoms with E-state index >= 15 is 0 Å². The molecule has 0 saturated carbocycles. The van der Waals surface area contributed by atoms with Crippen LogP contribution in [0.4, 0.5) is 4.39 Å². The average molecular weight is 293 g/mol. The summed E-state index contributed by atoms with van der Waals surface area (Å²) in [5.41, 5.74) is 1.22. The van der Waals surface area contributed by atoms with Gasteiger partial charge in [-0.15, -0.1) is 0 Å². The number of Topliss-reactive ketones (excluding diaryl/α,β-unsaturated/α-hetero) is 1. The number of likely N-dealkylation sites (tertiary alicyclic amines) is 1. The molecule has 5 nitrogen and oxygen atoms in total. The fourth-order valence-electron chi connectivity index (χ4n) is 3.24. The lowest BCUT2D eigenvalue weighted by Gasteiger charge is -2.36. The summed E-state index contributed by atoms with van der Waals surface area (Å²) < 4.78 is 14.4. The second-order valence-electron chi connectivity index (χ2n) is 5.82. The minimum Gasteiger partial charge on any atom is -0.367 e. The molecule has 3 aliphatic rings. The molecule has 114 valence electrons. The van der Waals surface area contributed by atoms with Gasteiger partial charge in [0, 0.05) is 44.8 Å². The Bertz CT molecular complexity index is 543. The van der Waals surface area contributed by atoms with Gasteiger partial charge in [-0.05, 0) is 20.0 Å². The molecule has 1 aliphatic carbocycles. The Kier molecular flexibility index (Phi) is 3.57. The number of ketones is 1. The first kappa shape index (κ1) is 14.3. The third-order valence-corrected chi connectivity index (χ3v) is 4.55. The molecule has 1 unspecified atom stereocenters. The Labute approximate surface area is 123 Å².